The predicted octanol–water partition coefficient (Wildman–Crippen LogP) is 0.468. The third-order valence-corrected chi connectivity index (χ3v) is 1.66. The van der Waals surface area contributed by atoms with E-state index in [4.69, 9.17) is 0 Å². The summed E-state index contributed by atoms with van der Waals surface area (Å²) >= 11 is 0. The number of aryl methyl sites for hydroxylation is 1. The van der Waals surface area contributed by atoms with Gasteiger partial charge in [0, 0.05) is 6.20 Å². The van der Waals surface area contributed by atoms with Crippen LogP contribution in [0.15, 0.2) is 23.1 Å². The van der Waals surface area contributed by atoms with E-state index in [-0.39, 0.29) is 5.69 Å². The summed E-state index contributed by atoms with van der Waals surface area (Å²) < 4.78 is 0. The molecule has 2 heterocycles. The molecule has 13 heavy (non-hydrogen) atoms. The molecule has 0 spiro atoms. The van der Waals surface area contributed by atoms with E-state index in [0.717, 1.165) is 5.56 Å². The van der Waals surface area contributed by atoms with E-state index in [1.807, 2.05) is 19.1 Å². The molecule has 0 aliphatic rings. The molecule has 0 aliphatic heterocycles. The minimum atomic E-state index is -0.321. The molecule has 2 N–H and O–H groups in total. The van der Waals surface area contributed by atoms with Crippen molar-refractivity contribution in [2.45, 2.75) is 6.92 Å². The van der Waals surface area contributed by atoms with E-state index in [1.165, 1.54) is 0 Å². The van der Waals surface area contributed by atoms with Crippen molar-refractivity contribution in [3.63, 3.8) is 0 Å². The van der Waals surface area contributed by atoms with Crippen molar-refractivity contribution in [1.82, 2.24) is 20.2 Å². The molecule has 0 bridgehead atoms. The van der Waals surface area contributed by atoms with Crippen LogP contribution in [0.4, 0.5) is 0 Å². The van der Waals surface area contributed by atoms with Crippen LogP contribution in [0.25, 0.3) is 11.5 Å². The quantitative estimate of drug-likeness (QED) is 0.663. The number of aromatic amines is 2. The standard InChI is InChI=1S/C8H8N4O/c1-5-2-3-9-6(4-5)7-10-8(13)12-11-7/h2-4H,1H3,(H2,10,11,12,13). The lowest BCUT2D eigenvalue weighted by molar-refractivity contribution is 1.05. The van der Waals surface area contributed by atoms with Crippen LogP contribution in [-0.2, 0) is 0 Å². The minimum absolute atomic E-state index is 0.321. The van der Waals surface area contributed by atoms with Gasteiger partial charge in [0.05, 0.1) is 0 Å². The molecular formula is C8H8N4O. The first kappa shape index (κ1) is 7.72. The fourth-order valence-corrected chi connectivity index (χ4v) is 1.06. The molecule has 0 radical (unpaired) electrons. The first-order valence-corrected chi connectivity index (χ1v) is 3.83. The van der Waals surface area contributed by atoms with Crippen LogP contribution in [0.2, 0.25) is 0 Å². The van der Waals surface area contributed by atoms with Gasteiger partial charge in [0.25, 0.3) is 0 Å². The second kappa shape index (κ2) is 2.85. The van der Waals surface area contributed by atoms with E-state index >= 15 is 0 Å². The summed E-state index contributed by atoms with van der Waals surface area (Å²) in [7, 11) is 0. The van der Waals surface area contributed by atoms with Crippen molar-refractivity contribution in [2.75, 3.05) is 0 Å². The summed E-state index contributed by atoms with van der Waals surface area (Å²) in [5, 5.41) is 6.06. The van der Waals surface area contributed by atoms with E-state index in [9.17, 15) is 4.79 Å². The average molecular weight is 176 g/mol. The highest BCUT2D eigenvalue weighted by Gasteiger charge is 2.02. The summed E-state index contributed by atoms with van der Waals surface area (Å²) in [6.45, 7) is 1.95. The summed E-state index contributed by atoms with van der Waals surface area (Å²) in [6, 6.07) is 3.74. The van der Waals surface area contributed by atoms with Crippen molar-refractivity contribution in [3.05, 3.63) is 34.4 Å². The van der Waals surface area contributed by atoms with Crippen molar-refractivity contribution in [1.29, 1.82) is 0 Å². The summed E-state index contributed by atoms with van der Waals surface area (Å²) in [5.41, 5.74) is 1.42. The summed E-state index contributed by atoms with van der Waals surface area (Å²) in [6.07, 6.45) is 1.68. The second-order valence-electron chi connectivity index (χ2n) is 2.74. The molecule has 2 aromatic heterocycles. The van der Waals surface area contributed by atoms with Gasteiger partial charge in [0.2, 0.25) is 0 Å². The number of nitrogens with one attached hydrogen (secondary N) is 2. The third kappa shape index (κ3) is 1.48. The van der Waals surface area contributed by atoms with Crippen LogP contribution < -0.4 is 5.69 Å². The molecule has 0 saturated carbocycles. The fourth-order valence-electron chi connectivity index (χ4n) is 1.06. The highest BCUT2D eigenvalue weighted by atomic mass is 16.1. The highest BCUT2D eigenvalue weighted by Crippen LogP contribution is 2.09. The van der Waals surface area contributed by atoms with E-state index < -0.39 is 0 Å². The number of aromatic nitrogens is 4. The zero-order valence-electron chi connectivity index (χ0n) is 7.03. The van der Waals surface area contributed by atoms with Crippen LogP contribution in [0.1, 0.15) is 5.56 Å². The average Bonchev–Trinajstić information content (AvgIpc) is 2.52. The third-order valence-electron chi connectivity index (χ3n) is 1.66. The Hall–Kier alpha value is -1.91. The van der Waals surface area contributed by atoms with Gasteiger partial charge in [-0.2, -0.15) is 5.10 Å². The molecule has 0 saturated heterocycles. The molecule has 0 unspecified atom stereocenters. The van der Waals surface area contributed by atoms with Crippen molar-refractivity contribution in [2.24, 2.45) is 0 Å². The zero-order valence-corrected chi connectivity index (χ0v) is 7.03. The summed E-state index contributed by atoms with van der Waals surface area (Å²) in [5.74, 6) is 0.466. The molecule has 66 valence electrons. The first-order chi connectivity index (χ1) is 6.25. The lowest BCUT2D eigenvalue weighted by Crippen LogP contribution is -2.00. The SMILES string of the molecule is Cc1ccnc(-c2n[nH]c(=O)[nH]2)c1. The Kier molecular flexibility index (Phi) is 1.70. The van der Waals surface area contributed by atoms with Gasteiger partial charge >= 0.3 is 5.69 Å². The maximum absolute atomic E-state index is 10.7. The van der Waals surface area contributed by atoms with Crippen LogP contribution in [0.5, 0.6) is 0 Å². The van der Waals surface area contributed by atoms with Crippen LogP contribution in [-0.4, -0.2) is 20.2 Å². The molecule has 0 aliphatic carbocycles. The molecule has 0 aromatic carbocycles. The zero-order chi connectivity index (χ0) is 9.26. The summed E-state index contributed by atoms with van der Waals surface area (Å²) in [4.78, 5) is 17.4. The van der Waals surface area contributed by atoms with Crippen LogP contribution in [0, 0.1) is 6.92 Å². The minimum Gasteiger partial charge on any atom is -0.288 e. The van der Waals surface area contributed by atoms with E-state index in [0.29, 0.717) is 11.5 Å². The number of rotatable bonds is 1. The molecule has 0 fully saturated rings. The Balaban J connectivity index is 2.52. The van der Waals surface area contributed by atoms with Gasteiger partial charge in [-0.05, 0) is 24.6 Å². The molecule has 0 amide bonds. The van der Waals surface area contributed by atoms with Crippen LogP contribution in [0.3, 0.4) is 0 Å². The van der Waals surface area contributed by atoms with E-state index in [1.54, 1.807) is 6.20 Å². The van der Waals surface area contributed by atoms with Gasteiger partial charge < -0.3 is 0 Å². The molecule has 0 atom stereocenters. The second-order valence-corrected chi connectivity index (χ2v) is 2.74. The smallest absolute Gasteiger partial charge is 0.288 e. The van der Waals surface area contributed by atoms with Gasteiger partial charge in [-0.25, -0.2) is 9.89 Å². The van der Waals surface area contributed by atoms with Crippen molar-refractivity contribution in [3.8, 4) is 11.5 Å². The van der Waals surface area contributed by atoms with E-state index in [2.05, 4.69) is 20.2 Å². The number of H-pyrrole nitrogens is 2. The number of hydrogen-bond donors (Lipinski definition) is 2. The molecular weight excluding hydrogens is 168 g/mol. The van der Waals surface area contributed by atoms with Gasteiger partial charge in [0.1, 0.15) is 5.69 Å². The maximum atomic E-state index is 10.7. The lowest BCUT2D eigenvalue weighted by Gasteiger charge is -1.94. The van der Waals surface area contributed by atoms with Gasteiger partial charge in [-0.1, -0.05) is 0 Å². The number of hydrogen-bond acceptors (Lipinski definition) is 3. The Morgan fingerprint density at radius 1 is 1.46 bits per heavy atom. The number of nitrogens with zero attached hydrogens (tertiary/aromatic N) is 2. The predicted molar refractivity (Wildman–Crippen MR) is 47.2 cm³/mol. The van der Waals surface area contributed by atoms with Gasteiger partial charge in [-0.15, -0.1) is 0 Å². The Bertz CT molecular complexity index is 471. The lowest BCUT2D eigenvalue weighted by atomic mass is 10.2. The molecule has 2 rings (SSSR count). The van der Waals surface area contributed by atoms with Crippen molar-refractivity contribution >= 4 is 0 Å². The topological polar surface area (TPSA) is 74.4 Å². The maximum Gasteiger partial charge on any atom is 0.340 e. The van der Waals surface area contributed by atoms with Crippen molar-refractivity contribution < 1.29 is 0 Å². The Labute approximate surface area is 73.9 Å². The molecule has 5 heteroatoms. The molecule has 5 nitrogen and oxygen atoms in total. The molecule has 2 aromatic rings. The normalized spacial score (nSPS) is 10.2. The Morgan fingerprint density at radius 2 is 2.31 bits per heavy atom. The monoisotopic (exact) mass is 176 g/mol. The van der Waals surface area contributed by atoms with Crippen LogP contribution >= 0.6 is 0 Å². The highest BCUT2D eigenvalue weighted by molar-refractivity contribution is 5.48. The fraction of sp³-hybridized carbons (Fsp3) is 0.125. The largest absolute Gasteiger partial charge is 0.340 e. The van der Waals surface area contributed by atoms with Gasteiger partial charge in [0.15, 0.2) is 5.82 Å². The Morgan fingerprint density at radius 3 is 2.92 bits per heavy atom. The first-order valence-electron chi connectivity index (χ1n) is 3.83. The number of pyridine rings is 1. The van der Waals surface area contributed by atoms with Gasteiger partial charge in [-0.3, -0.25) is 9.97 Å².